The van der Waals surface area contributed by atoms with E-state index in [4.69, 9.17) is 16.3 Å². The Bertz CT molecular complexity index is 2250. The van der Waals surface area contributed by atoms with Crippen LogP contribution in [0.3, 0.4) is 0 Å². The number of piperidine rings is 1. The highest BCUT2D eigenvalue weighted by Gasteiger charge is 2.40. The van der Waals surface area contributed by atoms with Gasteiger partial charge in [-0.05, 0) is 60.9 Å². The number of hydrogen-bond donors (Lipinski definition) is 3. The molecule has 2 fully saturated rings. The van der Waals surface area contributed by atoms with Crippen LogP contribution in [0.25, 0.3) is 10.9 Å². The Labute approximate surface area is 337 Å². The summed E-state index contributed by atoms with van der Waals surface area (Å²) in [6.07, 6.45) is 4.11. The van der Waals surface area contributed by atoms with Crippen LogP contribution in [0, 0.1) is 5.82 Å². The van der Waals surface area contributed by atoms with Crippen LogP contribution in [0.2, 0.25) is 5.02 Å². The third kappa shape index (κ3) is 9.19. The molecule has 7 rings (SSSR count). The number of thioether (sulfide) groups is 1. The number of carbonyl (C=O) groups excluding carboxylic acids is 5. The maximum absolute atomic E-state index is 13.7. The van der Waals surface area contributed by atoms with Crippen LogP contribution >= 0.6 is 23.4 Å². The number of amides is 5. The largest absolute Gasteiger partial charge is 0.491 e. The predicted molar refractivity (Wildman–Crippen MR) is 214 cm³/mol. The van der Waals surface area contributed by atoms with E-state index in [1.165, 1.54) is 41.2 Å². The average Bonchev–Trinajstić information content (AvgIpc) is 3.54. The average molecular weight is 815 g/mol. The van der Waals surface area contributed by atoms with E-state index in [2.05, 4.69) is 37.4 Å². The zero-order valence-corrected chi connectivity index (χ0v) is 32.5. The molecule has 3 aliphatic heterocycles. The number of imide groups is 1. The molecule has 1 atom stereocenters. The second-order valence-electron chi connectivity index (χ2n) is 13.7. The Balaban J connectivity index is 0.874. The summed E-state index contributed by atoms with van der Waals surface area (Å²) in [5, 5.41) is 8.81. The molecule has 0 aliphatic carbocycles. The van der Waals surface area contributed by atoms with Gasteiger partial charge in [0, 0.05) is 85.5 Å². The van der Waals surface area contributed by atoms with E-state index in [1.807, 2.05) is 17.0 Å². The molecule has 1 aromatic heterocycles. The zero-order valence-electron chi connectivity index (χ0n) is 30.9. The summed E-state index contributed by atoms with van der Waals surface area (Å²) < 4.78 is 19.9. The molecule has 0 bridgehead atoms. The highest BCUT2D eigenvalue weighted by atomic mass is 35.5. The van der Waals surface area contributed by atoms with E-state index in [1.54, 1.807) is 18.2 Å². The smallest absolute Gasteiger partial charge is 0.255 e. The van der Waals surface area contributed by atoms with Crippen molar-refractivity contribution < 1.29 is 33.1 Å². The highest BCUT2D eigenvalue weighted by Crippen LogP contribution is 2.36. The third-order valence-electron chi connectivity index (χ3n) is 10.1. The first-order valence-electron chi connectivity index (χ1n) is 18.5. The molecule has 296 valence electrons. The van der Waals surface area contributed by atoms with Gasteiger partial charge in [0.1, 0.15) is 29.8 Å². The summed E-state index contributed by atoms with van der Waals surface area (Å²) in [5.74, 6) is -0.449. The Morgan fingerprint density at radius 1 is 1.09 bits per heavy atom. The molecule has 2 saturated heterocycles. The number of rotatable bonds is 14. The van der Waals surface area contributed by atoms with Crippen molar-refractivity contribution in [1.29, 1.82) is 0 Å². The lowest BCUT2D eigenvalue weighted by Crippen LogP contribution is -2.52. The zero-order chi connectivity index (χ0) is 40.1. The molecule has 4 aromatic rings. The van der Waals surface area contributed by atoms with Crippen molar-refractivity contribution in [3.05, 3.63) is 89.5 Å². The fourth-order valence-electron chi connectivity index (χ4n) is 7.08. The van der Waals surface area contributed by atoms with Gasteiger partial charge < -0.3 is 25.2 Å². The van der Waals surface area contributed by atoms with Gasteiger partial charge in [-0.3, -0.25) is 34.2 Å². The maximum Gasteiger partial charge on any atom is 0.255 e. The number of hydrogen-bond acceptors (Lipinski definition) is 11. The summed E-state index contributed by atoms with van der Waals surface area (Å²) in [6.45, 7) is 7.65. The highest BCUT2D eigenvalue weighted by molar-refractivity contribution is 7.99. The molecule has 3 aromatic carbocycles. The quantitative estimate of drug-likeness (QED) is 0.0668. The summed E-state index contributed by atoms with van der Waals surface area (Å²) in [5.41, 5.74) is 2.90. The van der Waals surface area contributed by atoms with Gasteiger partial charge in [0.25, 0.3) is 5.91 Å². The SMILES string of the molecule is C=CC(=O)Nc1cc2c(Nc3ccc(F)c(Cl)c3)ncnc2cc1OCCCN1CCN(C(=O)CCSc2cccc3c2CN(C2CCC(=O)NC2=O)C3=O)CC1. The number of ether oxygens (including phenoxy) is 1. The summed E-state index contributed by atoms with van der Waals surface area (Å²) >= 11 is 7.49. The fraction of sp³-hybridized carbons (Fsp3) is 0.325. The van der Waals surface area contributed by atoms with Gasteiger partial charge in [0.2, 0.25) is 23.6 Å². The van der Waals surface area contributed by atoms with Gasteiger partial charge in [-0.15, -0.1) is 11.8 Å². The molecule has 3 aliphatic rings. The molecule has 3 N–H and O–H groups in total. The minimum Gasteiger partial charge on any atom is -0.491 e. The van der Waals surface area contributed by atoms with Crippen LogP contribution in [0.5, 0.6) is 5.75 Å². The molecule has 1 unspecified atom stereocenters. The number of nitrogens with zero attached hydrogens (tertiary/aromatic N) is 5. The molecular weight excluding hydrogens is 775 g/mol. The predicted octanol–water partition coefficient (Wildman–Crippen LogP) is 5.15. The van der Waals surface area contributed by atoms with Crippen LogP contribution in [-0.2, 0) is 25.7 Å². The topological polar surface area (TPSA) is 166 Å². The van der Waals surface area contributed by atoms with Gasteiger partial charge in [-0.25, -0.2) is 14.4 Å². The minimum atomic E-state index is -0.673. The normalized spacial score (nSPS) is 17.0. The van der Waals surface area contributed by atoms with Gasteiger partial charge in [-0.2, -0.15) is 0 Å². The molecule has 0 radical (unpaired) electrons. The van der Waals surface area contributed by atoms with Crippen LogP contribution in [0.15, 0.2) is 72.4 Å². The number of halogens is 2. The molecule has 4 heterocycles. The molecule has 14 nitrogen and oxygen atoms in total. The lowest BCUT2D eigenvalue weighted by atomic mass is 10.0. The van der Waals surface area contributed by atoms with Gasteiger partial charge in [0.05, 0.1) is 22.8 Å². The number of fused-ring (bicyclic) bond motifs is 2. The standard InChI is InChI=1S/C40H40ClFN8O6S/c1-2-35(51)46-31-20-26-30(43-23-44-38(26)45-24-7-8-29(42)28(41)19-24)21-33(31)56-17-4-12-48-13-15-49(16-14-48)37(53)11-18-57-34-6-3-5-25-27(34)22-50(40(25)55)32-9-10-36(52)47-39(32)54/h2-3,5-8,19-21,23,32H,1,4,9-18,22H2,(H,46,51)(H,43,44,45)(H,47,52,54). The van der Waals surface area contributed by atoms with Crippen LogP contribution in [0.4, 0.5) is 21.6 Å². The summed E-state index contributed by atoms with van der Waals surface area (Å²) in [4.78, 5) is 78.0. The van der Waals surface area contributed by atoms with Crippen LogP contribution in [-0.4, -0.2) is 105 Å². The van der Waals surface area contributed by atoms with E-state index < -0.39 is 23.7 Å². The van der Waals surface area contributed by atoms with E-state index in [0.717, 1.165) is 36.2 Å². The molecule has 57 heavy (non-hydrogen) atoms. The van der Waals surface area contributed by atoms with Crippen molar-refractivity contribution in [2.24, 2.45) is 0 Å². The fourth-order valence-corrected chi connectivity index (χ4v) is 8.29. The number of carbonyl (C=O) groups is 5. The number of piperazine rings is 1. The van der Waals surface area contributed by atoms with E-state index in [-0.39, 0.29) is 29.2 Å². The Morgan fingerprint density at radius 2 is 1.91 bits per heavy atom. The first kappa shape index (κ1) is 39.6. The molecule has 0 saturated carbocycles. The number of nitrogens with one attached hydrogen (secondary N) is 3. The maximum atomic E-state index is 13.7. The lowest BCUT2D eigenvalue weighted by Gasteiger charge is -2.34. The van der Waals surface area contributed by atoms with Crippen molar-refractivity contribution in [2.45, 2.75) is 43.2 Å². The first-order chi connectivity index (χ1) is 27.6. The van der Waals surface area contributed by atoms with Gasteiger partial charge in [0.15, 0.2) is 0 Å². The molecular formula is C40H40ClFN8O6S. The second-order valence-corrected chi connectivity index (χ2v) is 15.3. The second kappa shape index (κ2) is 17.7. The van der Waals surface area contributed by atoms with Gasteiger partial charge >= 0.3 is 0 Å². The van der Waals surface area contributed by atoms with Crippen LogP contribution < -0.4 is 20.7 Å². The van der Waals surface area contributed by atoms with E-state index >= 15 is 0 Å². The lowest BCUT2D eigenvalue weighted by molar-refractivity contribution is -0.137. The molecule has 17 heteroatoms. The van der Waals surface area contributed by atoms with Crippen molar-refractivity contribution in [3.63, 3.8) is 0 Å². The van der Waals surface area contributed by atoms with Gasteiger partial charge in [-0.1, -0.05) is 24.2 Å². The third-order valence-corrected chi connectivity index (χ3v) is 11.5. The Morgan fingerprint density at radius 3 is 2.68 bits per heavy atom. The monoisotopic (exact) mass is 814 g/mol. The number of benzene rings is 3. The molecule has 5 amide bonds. The van der Waals surface area contributed by atoms with Crippen LogP contribution in [0.1, 0.15) is 41.6 Å². The van der Waals surface area contributed by atoms with Crippen molar-refractivity contribution >= 4 is 81.0 Å². The van der Waals surface area contributed by atoms with E-state index in [0.29, 0.717) is 90.7 Å². The van der Waals surface area contributed by atoms with E-state index in [9.17, 15) is 28.4 Å². The van der Waals surface area contributed by atoms with Crippen molar-refractivity contribution in [1.82, 2.24) is 30.0 Å². The minimum absolute atomic E-state index is 0.0364. The number of anilines is 3. The first-order valence-corrected chi connectivity index (χ1v) is 19.9. The van der Waals surface area contributed by atoms with Crippen molar-refractivity contribution in [3.8, 4) is 5.75 Å². The molecule has 0 spiro atoms. The Hall–Kier alpha value is -5.58. The Kier molecular flexibility index (Phi) is 12.3. The summed E-state index contributed by atoms with van der Waals surface area (Å²) in [7, 11) is 0. The number of aromatic nitrogens is 2. The van der Waals surface area contributed by atoms with Crippen molar-refractivity contribution in [2.75, 3.05) is 55.7 Å². The summed E-state index contributed by atoms with van der Waals surface area (Å²) in [6, 6.07) is 12.5.